The molecule has 1 aromatic carbocycles. The highest BCUT2D eigenvalue weighted by Crippen LogP contribution is 2.41. The number of phenolic OH excluding ortho intramolecular Hbond substituents is 1. The Balaban J connectivity index is 2.14. The second-order valence-corrected chi connectivity index (χ2v) is 4.90. The molecule has 2 heterocycles. The molecule has 0 saturated heterocycles. The van der Waals surface area contributed by atoms with Crippen molar-refractivity contribution in [3.8, 4) is 5.75 Å². The summed E-state index contributed by atoms with van der Waals surface area (Å²) in [6, 6.07) is 2.04. The van der Waals surface area contributed by atoms with Gasteiger partial charge in [0.05, 0.1) is 0 Å². The molecule has 1 aromatic rings. The van der Waals surface area contributed by atoms with E-state index in [0.29, 0.717) is 12.3 Å². The van der Waals surface area contributed by atoms with E-state index in [2.05, 4.69) is 10.4 Å². The van der Waals surface area contributed by atoms with Crippen molar-refractivity contribution >= 4 is 5.69 Å². The first kappa shape index (κ1) is 10.9. The van der Waals surface area contributed by atoms with Crippen molar-refractivity contribution in [2.24, 2.45) is 0 Å². The fraction of sp³-hybridized carbons (Fsp3) is 0.538. The number of aromatic hydroxyl groups is 1. The van der Waals surface area contributed by atoms with E-state index in [1.807, 2.05) is 6.07 Å². The molecule has 2 aliphatic rings. The van der Waals surface area contributed by atoms with Gasteiger partial charge in [-0.05, 0) is 37.3 Å². The lowest BCUT2D eigenvalue weighted by Gasteiger charge is -2.37. The number of nitrogens with zero attached hydrogens (tertiary/aromatic N) is 1. The van der Waals surface area contributed by atoms with E-state index in [4.69, 9.17) is 5.21 Å². The van der Waals surface area contributed by atoms with Gasteiger partial charge in [-0.1, -0.05) is 0 Å². The molecule has 0 amide bonds. The molecule has 3 N–H and O–H groups in total. The fourth-order valence-corrected chi connectivity index (χ4v) is 3.13. The average Bonchev–Trinajstić information content (AvgIpc) is 2.36. The van der Waals surface area contributed by atoms with Crippen LogP contribution in [0, 0.1) is 0 Å². The van der Waals surface area contributed by atoms with Crippen LogP contribution in [0.25, 0.3) is 0 Å². The summed E-state index contributed by atoms with van der Waals surface area (Å²) in [4.78, 5) is 2.40. The Hall–Kier alpha value is -1.26. The zero-order valence-corrected chi connectivity index (χ0v) is 9.87. The van der Waals surface area contributed by atoms with Gasteiger partial charge >= 0.3 is 0 Å². The number of nitrogens with one attached hydrogen (secondary N) is 1. The molecular formula is C13H18N2O2. The molecule has 4 nitrogen and oxygen atoms in total. The van der Waals surface area contributed by atoms with Gasteiger partial charge in [-0.25, -0.2) is 5.48 Å². The Morgan fingerprint density at radius 2 is 2.00 bits per heavy atom. The molecular weight excluding hydrogens is 216 g/mol. The third-order valence-electron chi connectivity index (χ3n) is 3.84. The molecule has 0 radical (unpaired) electrons. The van der Waals surface area contributed by atoms with Crippen LogP contribution in [0.1, 0.15) is 29.5 Å². The van der Waals surface area contributed by atoms with Crippen molar-refractivity contribution < 1.29 is 10.3 Å². The number of hydroxylamine groups is 1. The molecule has 92 valence electrons. The summed E-state index contributed by atoms with van der Waals surface area (Å²) >= 11 is 0. The fourth-order valence-electron chi connectivity index (χ4n) is 3.13. The summed E-state index contributed by atoms with van der Waals surface area (Å²) in [6.07, 6.45) is 4.32. The Morgan fingerprint density at radius 1 is 1.24 bits per heavy atom. The molecule has 0 unspecified atom stereocenters. The number of anilines is 1. The van der Waals surface area contributed by atoms with Gasteiger partial charge in [0, 0.05) is 36.4 Å². The lowest BCUT2D eigenvalue weighted by Crippen LogP contribution is -2.34. The predicted octanol–water partition coefficient (Wildman–Crippen LogP) is 1.57. The number of hydrogen-bond donors (Lipinski definition) is 3. The van der Waals surface area contributed by atoms with Crippen LogP contribution in [-0.4, -0.2) is 23.4 Å². The van der Waals surface area contributed by atoms with Gasteiger partial charge in [-0.15, -0.1) is 0 Å². The topological polar surface area (TPSA) is 55.7 Å². The Bertz CT molecular complexity index is 444. The highest BCUT2D eigenvalue weighted by atomic mass is 16.5. The highest BCUT2D eigenvalue weighted by molar-refractivity contribution is 5.68. The predicted molar refractivity (Wildman–Crippen MR) is 65.6 cm³/mol. The van der Waals surface area contributed by atoms with E-state index in [-0.39, 0.29) is 0 Å². The smallest absolute Gasteiger partial charge is 0.125 e. The Labute approximate surface area is 101 Å². The molecule has 0 bridgehead atoms. The van der Waals surface area contributed by atoms with E-state index in [9.17, 15) is 5.11 Å². The summed E-state index contributed by atoms with van der Waals surface area (Å²) < 4.78 is 0. The zero-order chi connectivity index (χ0) is 11.8. The SMILES string of the molecule is ONCc1cc2c3c(c1O)CCCN3CCC2. The van der Waals surface area contributed by atoms with Gasteiger partial charge in [-0.2, -0.15) is 0 Å². The van der Waals surface area contributed by atoms with Gasteiger partial charge in [0.25, 0.3) is 0 Å². The van der Waals surface area contributed by atoms with Crippen LogP contribution in [0.2, 0.25) is 0 Å². The third kappa shape index (κ3) is 1.68. The lowest BCUT2D eigenvalue weighted by atomic mass is 9.89. The summed E-state index contributed by atoms with van der Waals surface area (Å²) in [5.41, 5.74) is 6.62. The van der Waals surface area contributed by atoms with Crippen molar-refractivity contribution in [2.75, 3.05) is 18.0 Å². The maximum Gasteiger partial charge on any atom is 0.125 e. The van der Waals surface area contributed by atoms with Crippen molar-refractivity contribution in [3.63, 3.8) is 0 Å². The third-order valence-corrected chi connectivity index (χ3v) is 3.84. The zero-order valence-electron chi connectivity index (χ0n) is 9.87. The van der Waals surface area contributed by atoms with Crippen molar-refractivity contribution in [1.29, 1.82) is 0 Å². The lowest BCUT2D eigenvalue weighted by molar-refractivity contribution is 0.160. The van der Waals surface area contributed by atoms with Crippen LogP contribution in [-0.2, 0) is 19.4 Å². The molecule has 4 heteroatoms. The number of phenols is 1. The molecule has 0 atom stereocenters. The second-order valence-electron chi connectivity index (χ2n) is 4.90. The molecule has 0 spiro atoms. The van der Waals surface area contributed by atoms with Crippen molar-refractivity contribution in [1.82, 2.24) is 5.48 Å². The van der Waals surface area contributed by atoms with Gasteiger partial charge in [0.1, 0.15) is 5.75 Å². The van der Waals surface area contributed by atoms with Gasteiger partial charge in [-0.3, -0.25) is 0 Å². The van der Waals surface area contributed by atoms with E-state index in [1.165, 1.54) is 17.7 Å². The summed E-state index contributed by atoms with van der Waals surface area (Å²) in [7, 11) is 0. The standard InChI is InChI=1S/C13H18N2O2/c16-13-10(8-14-17)7-9-3-1-5-15-6-2-4-11(13)12(9)15/h7,14,16-17H,1-6,8H2. The highest BCUT2D eigenvalue weighted by Gasteiger charge is 2.27. The van der Waals surface area contributed by atoms with Crippen LogP contribution in [0.4, 0.5) is 5.69 Å². The summed E-state index contributed by atoms with van der Waals surface area (Å²) in [5, 5.41) is 19.1. The largest absolute Gasteiger partial charge is 0.507 e. The minimum absolute atomic E-state index is 0.312. The van der Waals surface area contributed by atoms with Gasteiger partial charge < -0.3 is 15.2 Å². The van der Waals surface area contributed by atoms with Crippen LogP contribution in [0.15, 0.2) is 6.07 Å². The van der Waals surface area contributed by atoms with E-state index in [1.54, 1.807) is 0 Å². The van der Waals surface area contributed by atoms with E-state index in [0.717, 1.165) is 43.5 Å². The molecule has 0 aliphatic carbocycles. The molecule has 0 aromatic heterocycles. The van der Waals surface area contributed by atoms with Crippen molar-refractivity contribution in [2.45, 2.75) is 32.2 Å². The van der Waals surface area contributed by atoms with Crippen LogP contribution < -0.4 is 10.4 Å². The number of aryl methyl sites for hydroxylation is 1. The summed E-state index contributed by atoms with van der Waals surface area (Å²) in [6.45, 7) is 2.53. The molecule has 3 rings (SSSR count). The second kappa shape index (κ2) is 4.20. The van der Waals surface area contributed by atoms with Crippen LogP contribution >= 0.6 is 0 Å². The van der Waals surface area contributed by atoms with E-state index >= 15 is 0 Å². The average molecular weight is 234 g/mol. The Kier molecular flexibility index (Phi) is 2.68. The first-order valence-electron chi connectivity index (χ1n) is 6.29. The monoisotopic (exact) mass is 234 g/mol. The first-order chi connectivity index (χ1) is 8.31. The normalized spacial score (nSPS) is 18.1. The number of rotatable bonds is 2. The van der Waals surface area contributed by atoms with Crippen LogP contribution in [0.5, 0.6) is 5.75 Å². The minimum Gasteiger partial charge on any atom is -0.507 e. The number of hydrogen-bond acceptors (Lipinski definition) is 4. The van der Waals surface area contributed by atoms with Gasteiger partial charge in [0.15, 0.2) is 0 Å². The van der Waals surface area contributed by atoms with Gasteiger partial charge in [0.2, 0.25) is 0 Å². The summed E-state index contributed by atoms with van der Waals surface area (Å²) in [5.74, 6) is 0.372. The first-order valence-corrected chi connectivity index (χ1v) is 6.29. The molecule has 0 fully saturated rings. The molecule has 2 aliphatic heterocycles. The Morgan fingerprint density at radius 3 is 2.76 bits per heavy atom. The molecule has 0 saturated carbocycles. The van der Waals surface area contributed by atoms with Crippen molar-refractivity contribution in [3.05, 3.63) is 22.8 Å². The molecule has 17 heavy (non-hydrogen) atoms. The minimum atomic E-state index is 0.312. The maximum absolute atomic E-state index is 10.2. The number of benzene rings is 1. The van der Waals surface area contributed by atoms with Crippen LogP contribution in [0.3, 0.4) is 0 Å². The quantitative estimate of drug-likeness (QED) is 0.680. The van der Waals surface area contributed by atoms with E-state index < -0.39 is 0 Å². The maximum atomic E-state index is 10.2.